The first-order valence-electron chi connectivity index (χ1n) is 6.10. The van der Waals surface area contributed by atoms with Gasteiger partial charge < -0.3 is 30.9 Å². The van der Waals surface area contributed by atoms with Gasteiger partial charge in [0.1, 0.15) is 0 Å². The Bertz CT molecular complexity index is 355. The molecule has 0 spiro atoms. The second-order valence-electron chi connectivity index (χ2n) is 3.87. The third-order valence-electron chi connectivity index (χ3n) is 2.32. The zero-order valence-corrected chi connectivity index (χ0v) is 12.8. The van der Waals surface area contributed by atoms with Crippen LogP contribution in [0.25, 0.3) is 0 Å². The highest BCUT2D eigenvalue weighted by molar-refractivity contribution is 7.99. The Labute approximate surface area is 126 Å². The molecule has 0 unspecified atom stereocenters. The molecule has 0 aliphatic carbocycles. The van der Waals surface area contributed by atoms with Gasteiger partial charge in [0, 0.05) is 18.1 Å². The van der Waals surface area contributed by atoms with Crippen molar-refractivity contribution < 1.29 is 29.0 Å². The predicted molar refractivity (Wildman–Crippen MR) is 76.7 cm³/mol. The van der Waals surface area contributed by atoms with Gasteiger partial charge in [-0.1, -0.05) is 0 Å². The molecule has 0 saturated heterocycles. The summed E-state index contributed by atoms with van der Waals surface area (Å²) in [5.74, 6) is -0.453. The van der Waals surface area contributed by atoms with Crippen LogP contribution < -0.4 is 16.4 Å². The fourth-order valence-electron chi connectivity index (χ4n) is 1.18. The van der Waals surface area contributed by atoms with Crippen LogP contribution in [0.1, 0.15) is 0 Å². The van der Waals surface area contributed by atoms with E-state index in [1.807, 2.05) is 0 Å². The van der Waals surface area contributed by atoms with Crippen molar-refractivity contribution in [2.24, 2.45) is 5.73 Å². The molecule has 0 fully saturated rings. The summed E-state index contributed by atoms with van der Waals surface area (Å²) >= 11 is 1.36. The van der Waals surface area contributed by atoms with Crippen LogP contribution in [0.3, 0.4) is 0 Å². The summed E-state index contributed by atoms with van der Waals surface area (Å²) in [4.78, 5) is 33.7. The Morgan fingerprint density at radius 3 is 2.48 bits per heavy atom. The number of alkyl carbamates (subject to hydrolysis) is 1. The number of methoxy groups -OCH3 is 2. The van der Waals surface area contributed by atoms with Crippen LogP contribution in [0.2, 0.25) is 0 Å². The molecule has 0 aromatic heterocycles. The summed E-state index contributed by atoms with van der Waals surface area (Å²) < 4.78 is 8.81. The molecule has 0 heterocycles. The van der Waals surface area contributed by atoms with Crippen molar-refractivity contribution in [1.82, 2.24) is 10.6 Å². The molecule has 0 aromatic carbocycles. The normalized spacial score (nSPS) is 13.0. The van der Waals surface area contributed by atoms with Gasteiger partial charge in [-0.25, -0.2) is 9.59 Å². The number of thioether (sulfide) groups is 1. The second kappa shape index (κ2) is 11.2. The van der Waals surface area contributed by atoms with Gasteiger partial charge in [0.25, 0.3) is 0 Å². The highest BCUT2D eigenvalue weighted by Gasteiger charge is 2.23. The highest BCUT2D eigenvalue weighted by atomic mass is 32.2. The van der Waals surface area contributed by atoms with Gasteiger partial charge >= 0.3 is 12.1 Å². The van der Waals surface area contributed by atoms with Gasteiger partial charge in [0.15, 0.2) is 6.04 Å². The average molecular weight is 323 g/mol. The number of nitrogens with two attached hydrogens (primary N) is 1. The van der Waals surface area contributed by atoms with E-state index >= 15 is 0 Å². The maximum absolute atomic E-state index is 11.7. The Morgan fingerprint density at radius 2 is 1.95 bits per heavy atom. The molecule has 122 valence electrons. The lowest BCUT2D eigenvalue weighted by Gasteiger charge is -2.17. The number of esters is 1. The molecule has 21 heavy (non-hydrogen) atoms. The molecule has 0 bridgehead atoms. The third-order valence-corrected chi connectivity index (χ3v) is 3.41. The summed E-state index contributed by atoms with van der Waals surface area (Å²) in [7, 11) is 2.42. The van der Waals surface area contributed by atoms with E-state index in [2.05, 4.69) is 20.1 Å². The number of hydrogen-bond acceptors (Lipinski definition) is 8. The lowest BCUT2D eigenvalue weighted by atomic mass is 10.2. The Hall–Kier alpha value is -1.52. The molecule has 2 amide bonds. The molecule has 5 N–H and O–H groups in total. The Kier molecular flexibility index (Phi) is 10.4. The fourth-order valence-corrected chi connectivity index (χ4v) is 2.00. The van der Waals surface area contributed by atoms with E-state index in [4.69, 9.17) is 10.8 Å². The van der Waals surface area contributed by atoms with Gasteiger partial charge in [0.05, 0.1) is 26.9 Å². The average Bonchev–Trinajstić information content (AvgIpc) is 2.50. The SMILES string of the molecule is COC(=O)NCCSC[C@H](N)C(=O)N[C@@H](CO)C(=O)OC. The topological polar surface area (TPSA) is 140 Å². The molecule has 9 nitrogen and oxygen atoms in total. The first-order valence-corrected chi connectivity index (χ1v) is 7.25. The van der Waals surface area contributed by atoms with Crippen molar-refractivity contribution in [3.05, 3.63) is 0 Å². The Morgan fingerprint density at radius 1 is 1.29 bits per heavy atom. The van der Waals surface area contributed by atoms with Crippen LogP contribution in [0.15, 0.2) is 0 Å². The molecule has 0 radical (unpaired) electrons. The van der Waals surface area contributed by atoms with E-state index in [1.54, 1.807) is 0 Å². The second-order valence-corrected chi connectivity index (χ2v) is 5.02. The van der Waals surface area contributed by atoms with E-state index in [9.17, 15) is 14.4 Å². The molecule has 0 aliphatic rings. The van der Waals surface area contributed by atoms with Crippen molar-refractivity contribution >= 4 is 29.7 Å². The molecule has 10 heteroatoms. The maximum atomic E-state index is 11.7. The predicted octanol–water partition coefficient (Wildman–Crippen LogP) is -1.95. The van der Waals surface area contributed by atoms with Gasteiger partial charge in [-0.3, -0.25) is 4.79 Å². The van der Waals surface area contributed by atoms with E-state index < -0.39 is 36.7 Å². The number of nitrogens with one attached hydrogen (secondary N) is 2. The van der Waals surface area contributed by atoms with Crippen LogP contribution in [0, 0.1) is 0 Å². The zero-order chi connectivity index (χ0) is 16.3. The maximum Gasteiger partial charge on any atom is 0.406 e. The van der Waals surface area contributed by atoms with E-state index in [-0.39, 0.29) is 0 Å². The first-order chi connectivity index (χ1) is 9.96. The van der Waals surface area contributed by atoms with Crippen molar-refractivity contribution in [1.29, 1.82) is 0 Å². The summed E-state index contributed by atoms with van der Waals surface area (Å²) in [5.41, 5.74) is 5.65. The minimum absolute atomic E-state index is 0.300. The monoisotopic (exact) mass is 323 g/mol. The molecule has 0 rings (SSSR count). The number of carbonyl (C=O) groups excluding carboxylic acids is 3. The number of aliphatic hydroxyl groups excluding tert-OH is 1. The molecule has 0 saturated carbocycles. The number of hydrogen-bond donors (Lipinski definition) is 4. The van der Waals surface area contributed by atoms with Crippen LogP contribution in [0.5, 0.6) is 0 Å². The largest absolute Gasteiger partial charge is 0.467 e. The smallest absolute Gasteiger partial charge is 0.406 e. The minimum Gasteiger partial charge on any atom is -0.467 e. The van der Waals surface area contributed by atoms with Crippen molar-refractivity contribution in [3.8, 4) is 0 Å². The van der Waals surface area contributed by atoms with Crippen LogP contribution in [0.4, 0.5) is 4.79 Å². The lowest BCUT2D eigenvalue weighted by molar-refractivity contribution is -0.146. The van der Waals surface area contributed by atoms with Crippen LogP contribution in [-0.4, -0.2) is 74.0 Å². The molecule has 0 aliphatic heterocycles. The number of carbonyl (C=O) groups is 3. The lowest BCUT2D eigenvalue weighted by Crippen LogP contribution is -2.51. The molecule has 0 aromatic rings. The van der Waals surface area contributed by atoms with Crippen molar-refractivity contribution in [3.63, 3.8) is 0 Å². The molecular weight excluding hydrogens is 302 g/mol. The van der Waals surface area contributed by atoms with Crippen LogP contribution >= 0.6 is 11.8 Å². The summed E-state index contributed by atoms with van der Waals surface area (Å²) in [6, 6.07) is -1.97. The quantitative estimate of drug-likeness (QED) is 0.284. The zero-order valence-electron chi connectivity index (χ0n) is 12.0. The van der Waals surface area contributed by atoms with Gasteiger partial charge in [0.2, 0.25) is 5.91 Å². The van der Waals surface area contributed by atoms with E-state index in [0.717, 1.165) is 7.11 Å². The first kappa shape index (κ1) is 19.5. The third kappa shape index (κ3) is 8.38. The van der Waals surface area contributed by atoms with Gasteiger partial charge in [-0.15, -0.1) is 0 Å². The Balaban J connectivity index is 3.94. The van der Waals surface area contributed by atoms with E-state index in [1.165, 1.54) is 18.9 Å². The number of ether oxygens (including phenoxy) is 2. The number of amides is 2. The van der Waals surface area contributed by atoms with Gasteiger partial charge in [-0.2, -0.15) is 11.8 Å². The minimum atomic E-state index is -1.13. The molecule has 2 atom stereocenters. The summed E-state index contributed by atoms with van der Waals surface area (Å²) in [6.07, 6.45) is -0.526. The summed E-state index contributed by atoms with van der Waals surface area (Å²) in [6.45, 7) is -0.186. The number of aliphatic hydroxyl groups is 1. The standard InChI is InChI=1S/C11H21N3O6S/c1-19-10(17)8(5-15)14-9(16)7(12)6-21-4-3-13-11(18)20-2/h7-8,15H,3-6,12H2,1-2H3,(H,13,18)(H,14,16)/t7-,8-/m0/s1. The summed E-state index contributed by atoms with van der Waals surface area (Å²) in [5, 5.41) is 13.7. The fraction of sp³-hybridized carbons (Fsp3) is 0.727. The number of rotatable bonds is 9. The van der Waals surface area contributed by atoms with Crippen LogP contribution in [-0.2, 0) is 19.1 Å². The molecular formula is C11H21N3O6S. The van der Waals surface area contributed by atoms with E-state index in [0.29, 0.717) is 18.1 Å². The van der Waals surface area contributed by atoms with Crippen molar-refractivity contribution in [2.45, 2.75) is 12.1 Å². The van der Waals surface area contributed by atoms with Crippen molar-refractivity contribution in [2.75, 3.05) is 38.9 Å². The highest BCUT2D eigenvalue weighted by Crippen LogP contribution is 2.01. The van der Waals surface area contributed by atoms with Gasteiger partial charge in [-0.05, 0) is 0 Å².